The number of nitrogens with zero attached hydrogens (tertiary/aromatic N) is 2. The molecule has 7 heteroatoms. The molecule has 0 saturated heterocycles. The molecule has 3 rings (SSSR count). The number of hydrogen-bond acceptors (Lipinski definition) is 5. The average molecular weight is 392 g/mol. The Kier molecular flexibility index (Phi) is 5.32. The number of anilines is 1. The van der Waals surface area contributed by atoms with E-state index in [2.05, 4.69) is 0 Å². The van der Waals surface area contributed by atoms with Gasteiger partial charge in [-0.2, -0.15) is 0 Å². The van der Waals surface area contributed by atoms with E-state index in [1.54, 1.807) is 19.1 Å². The highest BCUT2D eigenvalue weighted by atomic mass is 16.6. The molecule has 0 unspecified atom stereocenters. The van der Waals surface area contributed by atoms with Gasteiger partial charge in [0.15, 0.2) is 0 Å². The minimum Gasteiger partial charge on any atom is -0.465 e. The molecule has 0 aromatic heterocycles. The number of rotatable bonds is 4. The van der Waals surface area contributed by atoms with E-state index in [1.807, 2.05) is 32.0 Å². The Balaban J connectivity index is 2.21. The predicted octanol–water partition coefficient (Wildman–Crippen LogP) is 4.09. The standard InChI is InChI=1S/C22H20N2O5/c1-13-9-14(2)11-17(10-13)23-15(3)20(22(26)29-4)18(21(23)25)12-16-7-5-6-8-19(16)24(27)28/h5-12H,1-4H3/b18-12-. The van der Waals surface area contributed by atoms with Crippen LogP contribution in [0.2, 0.25) is 0 Å². The van der Waals surface area contributed by atoms with E-state index in [-0.39, 0.29) is 22.4 Å². The summed E-state index contributed by atoms with van der Waals surface area (Å²) in [5, 5.41) is 11.4. The predicted molar refractivity (Wildman–Crippen MR) is 109 cm³/mol. The molecule has 1 heterocycles. The van der Waals surface area contributed by atoms with Gasteiger partial charge in [0, 0.05) is 17.5 Å². The van der Waals surface area contributed by atoms with Gasteiger partial charge in [-0.05, 0) is 56.2 Å². The topological polar surface area (TPSA) is 89.8 Å². The first-order valence-corrected chi connectivity index (χ1v) is 8.92. The highest BCUT2D eigenvalue weighted by Gasteiger charge is 2.38. The van der Waals surface area contributed by atoms with Crippen molar-refractivity contribution in [3.05, 3.63) is 86.1 Å². The molecule has 0 atom stereocenters. The molecule has 1 aliphatic heterocycles. The zero-order valence-corrected chi connectivity index (χ0v) is 16.6. The fourth-order valence-corrected chi connectivity index (χ4v) is 3.50. The zero-order chi connectivity index (χ0) is 21.3. The molecule has 0 spiro atoms. The second kappa shape index (κ2) is 7.71. The van der Waals surface area contributed by atoms with Crippen molar-refractivity contribution in [2.75, 3.05) is 12.0 Å². The number of methoxy groups -OCH3 is 1. The molecule has 0 N–H and O–H groups in total. The Hall–Kier alpha value is -3.74. The molecule has 0 aliphatic carbocycles. The molecular weight excluding hydrogens is 372 g/mol. The van der Waals surface area contributed by atoms with Crippen molar-refractivity contribution in [1.29, 1.82) is 0 Å². The quantitative estimate of drug-likeness (QED) is 0.338. The van der Waals surface area contributed by atoms with Gasteiger partial charge in [-0.15, -0.1) is 0 Å². The SMILES string of the molecule is COC(=O)C1=C(C)N(c2cc(C)cc(C)c2)C(=O)/C1=C\c1ccccc1[N+](=O)[O-]. The summed E-state index contributed by atoms with van der Waals surface area (Å²) >= 11 is 0. The first-order chi connectivity index (χ1) is 13.7. The molecule has 2 aromatic carbocycles. The molecule has 0 radical (unpaired) electrons. The van der Waals surface area contributed by atoms with Crippen molar-refractivity contribution in [1.82, 2.24) is 0 Å². The molecule has 0 saturated carbocycles. The van der Waals surface area contributed by atoms with Gasteiger partial charge in [0.2, 0.25) is 0 Å². The number of ether oxygens (including phenoxy) is 1. The maximum Gasteiger partial charge on any atom is 0.340 e. The van der Waals surface area contributed by atoms with Crippen LogP contribution in [0.5, 0.6) is 0 Å². The third-order valence-electron chi connectivity index (χ3n) is 4.69. The van der Waals surface area contributed by atoms with E-state index in [0.717, 1.165) is 11.1 Å². The fourth-order valence-electron chi connectivity index (χ4n) is 3.50. The Bertz CT molecular complexity index is 1080. The third kappa shape index (κ3) is 3.67. The number of para-hydroxylation sites is 1. The van der Waals surface area contributed by atoms with E-state index >= 15 is 0 Å². The number of nitro groups is 1. The number of carbonyl (C=O) groups is 2. The van der Waals surface area contributed by atoms with Gasteiger partial charge < -0.3 is 4.74 Å². The summed E-state index contributed by atoms with van der Waals surface area (Å²) < 4.78 is 4.88. The lowest BCUT2D eigenvalue weighted by molar-refractivity contribution is -0.385. The molecule has 0 bridgehead atoms. The van der Waals surface area contributed by atoms with E-state index < -0.39 is 16.8 Å². The molecule has 148 valence electrons. The summed E-state index contributed by atoms with van der Waals surface area (Å²) in [6.07, 6.45) is 1.37. The van der Waals surface area contributed by atoms with Crippen molar-refractivity contribution in [2.45, 2.75) is 20.8 Å². The first kappa shape index (κ1) is 20.0. The van der Waals surface area contributed by atoms with Gasteiger partial charge in [0.1, 0.15) is 0 Å². The third-order valence-corrected chi connectivity index (χ3v) is 4.69. The minimum atomic E-state index is -0.674. The summed E-state index contributed by atoms with van der Waals surface area (Å²) in [6.45, 7) is 5.49. The number of allylic oxidation sites excluding steroid dienone is 1. The van der Waals surface area contributed by atoms with Crippen molar-refractivity contribution >= 4 is 29.3 Å². The van der Waals surface area contributed by atoms with Crippen LogP contribution in [0.1, 0.15) is 23.6 Å². The summed E-state index contributed by atoms with van der Waals surface area (Å²) in [6, 6.07) is 11.7. The van der Waals surface area contributed by atoms with Gasteiger partial charge in [0.05, 0.1) is 28.7 Å². The van der Waals surface area contributed by atoms with Crippen LogP contribution in [0.3, 0.4) is 0 Å². The van der Waals surface area contributed by atoms with Crippen molar-refractivity contribution < 1.29 is 19.2 Å². The van der Waals surface area contributed by atoms with Crippen LogP contribution in [-0.4, -0.2) is 23.9 Å². The molecule has 2 aromatic rings. The monoisotopic (exact) mass is 392 g/mol. The highest BCUT2D eigenvalue weighted by molar-refractivity contribution is 6.24. The normalized spacial score (nSPS) is 15.2. The summed E-state index contributed by atoms with van der Waals surface area (Å²) in [4.78, 5) is 38.0. The summed E-state index contributed by atoms with van der Waals surface area (Å²) in [5.41, 5.74) is 3.20. The number of carbonyl (C=O) groups excluding carboxylic acids is 2. The molecule has 1 aliphatic rings. The summed E-state index contributed by atoms with van der Waals surface area (Å²) in [7, 11) is 1.23. The van der Waals surface area contributed by atoms with Gasteiger partial charge in [-0.1, -0.05) is 18.2 Å². The lowest BCUT2D eigenvalue weighted by atomic mass is 10.0. The molecule has 1 amide bonds. The van der Waals surface area contributed by atoms with Crippen LogP contribution < -0.4 is 4.90 Å². The van der Waals surface area contributed by atoms with Gasteiger partial charge in [0.25, 0.3) is 11.6 Å². The lowest BCUT2D eigenvalue weighted by Gasteiger charge is -2.19. The number of esters is 1. The molecule has 7 nitrogen and oxygen atoms in total. The number of nitro benzene ring substituents is 1. The van der Waals surface area contributed by atoms with E-state index in [0.29, 0.717) is 11.4 Å². The smallest absolute Gasteiger partial charge is 0.340 e. The van der Waals surface area contributed by atoms with Crippen LogP contribution >= 0.6 is 0 Å². The van der Waals surface area contributed by atoms with E-state index in [1.165, 1.54) is 30.2 Å². The molecule has 29 heavy (non-hydrogen) atoms. The number of benzene rings is 2. The van der Waals surface area contributed by atoms with Crippen LogP contribution in [-0.2, 0) is 14.3 Å². The van der Waals surface area contributed by atoms with E-state index in [4.69, 9.17) is 4.74 Å². The zero-order valence-electron chi connectivity index (χ0n) is 16.6. The van der Waals surface area contributed by atoms with Crippen LogP contribution in [0.15, 0.2) is 59.3 Å². The second-order valence-corrected chi connectivity index (χ2v) is 6.81. The first-order valence-electron chi connectivity index (χ1n) is 8.92. The van der Waals surface area contributed by atoms with Crippen molar-refractivity contribution in [3.8, 4) is 0 Å². The fraction of sp³-hybridized carbons (Fsp3) is 0.182. The molecule has 0 fully saturated rings. The Morgan fingerprint density at radius 3 is 2.31 bits per heavy atom. The van der Waals surface area contributed by atoms with Crippen LogP contribution in [0, 0.1) is 24.0 Å². The average Bonchev–Trinajstić information content (AvgIpc) is 2.90. The number of amides is 1. The van der Waals surface area contributed by atoms with Gasteiger partial charge in [-0.25, -0.2) is 4.79 Å². The second-order valence-electron chi connectivity index (χ2n) is 6.81. The largest absolute Gasteiger partial charge is 0.465 e. The number of aryl methyl sites for hydroxylation is 2. The van der Waals surface area contributed by atoms with Gasteiger partial charge >= 0.3 is 5.97 Å². The van der Waals surface area contributed by atoms with Crippen molar-refractivity contribution in [2.24, 2.45) is 0 Å². The maximum atomic E-state index is 13.3. The Morgan fingerprint density at radius 2 is 1.72 bits per heavy atom. The van der Waals surface area contributed by atoms with E-state index in [9.17, 15) is 19.7 Å². The molecular formula is C22H20N2O5. The minimum absolute atomic E-state index is 0.0582. The summed E-state index contributed by atoms with van der Waals surface area (Å²) in [5.74, 6) is -1.11. The Labute approximate surface area is 168 Å². The van der Waals surface area contributed by atoms with Gasteiger partial charge in [-0.3, -0.25) is 19.8 Å². The maximum absolute atomic E-state index is 13.3. The highest BCUT2D eigenvalue weighted by Crippen LogP contribution is 2.37. The Morgan fingerprint density at radius 1 is 1.10 bits per heavy atom. The van der Waals surface area contributed by atoms with Crippen LogP contribution in [0.4, 0.5) is 11.4 Å². The number of hydrogen-bond donors (Lipinski definition) is 0. The lowest BCUT2D eigenvalue weighted by Crippen LogP contribution is -2.24. The van der Waals surface area contributed by atoms with Crippen LogP contribution in [0.25, 0.3) is 6.08 Å². The van der Waals surface area contributed by atoms with Crippen molar-refractivity contribution in [3.63, 3.8) is 0 Å².